The van der Waals surface area contributed by atoms with Crippen LogP contribution in [0, 0.1) is 10.7 Å². The zero-order valence-electron chi connectivity index (χ0n) is 17.8. The van der Waals surface area contributed by atoms with Crippen molar-refractivity contribution in [3.05, 3.63) is 10.6 Å². The first-order valence-corrected chi connectivity index (χ1v) is 12.9. The van der Waals surface area contributed by atoms with Crippen LogP contribution in [0.5, 0.6) is 0 Å². The van der Waals surface area contributed by atoms with Gasteiger partial charge in [-0.1, -0.05) is 13.8 Å². The van der Waals surface area contributed by atoms with Gasteiger partial charge in [0.05, 0.1) is 30.8 Å². The number of aromatic nitrogens is 3. The molecule has 2 N–H and O–H groups in total. The molecule has 1 aromatic rings. The molecule has 0 spiro atoms. The average Bonchev–Trinajstić information content (AvgIpc) is 3.35. The molecule has 1 amide bonds. The summed E-state index contributed by atoms with van der Waals surface area (Å²) in [6.45, 7) is 6.78. The first-order valence-electron chi connectivity index (χ1n) is 10.7. The normalized spacial score (nSPS) is 23.6. The zero-order chi connectivity index (χ0) is 21.9. The van der Waals surface area contributed by atoms with Gasteiger partial charge in [-0.15, -0.1) is 0 Å². The highest BCUT2D eigenvalue weighted by molar-refractivity contribution is 7.91. The third-order valence-corrected chi connectivity index (χ3v) is 7.83. The van der Waals surface area contributed by atoms with E-state index in [0.717, 1.165) is 31.8 Å². The third-order valence-electron chi connectivity index (χ3n) is 5.64. The van der Waals surface area contributed by atoms with Gasteiger partial charge in [0.1, 0.15) is 5.82 Å². The largest absolute Gasteiger partial charge is 0.376 e. The van der Waals surface area contributed by atoms with Crippen molar-refractivity contribution in [2.75, 3.05) is 24.7 Å². The monoisotopic (exact) mass is 459 g/mol. The number of sulfone groups is 1. The fraction of sp³-hybridized carbons (Fsp3) is 0.842. The Morgan fingerprint density at radius 3 is 2.73 bits per heavy atom. The summed E-state index contributed by atoms with van der Waals surface area (Å²) in [5.74, 6) is 1.13. The van der Waals surface area contributed by atoms with Gasteiger partial charge in [0, 0.05) is 32.0 Å². The molecule has 2 aliphatic rings. The number of carbonyl (C=O) groups is 1. The van der Waals surface area contributed by atoms with Crippen LogP contribution in [0.2, 0.25) is 0 Å². The molecule has 0 aliphatic carbocycles. The van der Waals surface area contributed by atoms with Crippen LogP contribution in [0.4, 0.5) is 0 Å². The van der Waals surface area contributed by atoms with Gasteiger partial charge in [-0.05, 0) is 37.4 Å². The minimum atomic E-state index is -2.99. The Bertz CT molecular complexity index is 903. The molecule has 2 unspecified atom stereocenters. The Morgan fingerprint density at radius 2 is 2.17 bits per heavy atom. The maximum absolute atomic E-state index is 12.0. The molecule has 9 nitrogen and oxygen atoms in total. The molecule has 3 heterocycles. The van der Waals surface area contributed by atoms with Crippen LogP contribution in [-0.4, -0.2) is 70.4 Å². The van der Waals surface area contributed by atoms with Gasteiger partial charge >= 0.3 is 0 Å². The maximum atomic E-state index is 12.0. The van der Waals surface area contributed by atoms with E-state index >= 15 is 0 Å². The molecular weight excluding hydrogens is 426 g/mol. The lowest BCUT2D eigenvalue weighted by Gasteiger charge is -2.29. The highest BCUT2D eigenvalue weighted by Gasteiger charge is 2.33. The van der Waals surface area contributed by atoms with Crippen molar-refractivity contribution < 1.29 is 17.9 Å². The van der Waals surface area contributed by atoms with E-state index in [1.54, 1.807) is 4.68 Å². The number of nitrogens with zero attached hydrogens (tertiary/aromatic N) is 4. The summed E-state index contributed by atoms with van der Waals surface area (Å²) >= 11 is 5.73. The zero-order valence-corrected chi connectivity index (χ0v) is 19.5. The quantitative estimate of drug-likeness (QED) is 0.522. The fourth-order valence-corrected chi connectivity index (χ4v) is 6.24. The topological polar surface area (TPSA) is 112 Å². The summed E-state index contributed by atoms with van der Waals surface area (Å²) in [7, 11) is -2.99. The highest BCUT2D eigenvalue weighted by Crippen LogP contribution is 2.21. The summed E-state index contributed by atoms with van der Waals surface area (Å²) in [5.41, 5.74) is 5.34. The number of aryl methyl sites for hydroxylation is 1. The van der Waals surface area contributed by atoms with Crippen molar-refractivity contribution in [3.8, 4) is 0 Å². The molecule has 2 atom stereocenters. The number of rotatable bonds is 10. The predicted molar refractivity (Wildman–Crippen MR) is 116 cm³/mol. The van der Waals surface area contributed by atoms with Crippen molar-refractivity contribution in [1.82, 2.24) is 19.2 Å². The van der Waals surface area contributed by atoms with E-state index in [1.807, 2.05) is 4.57 Å². The second-order valence-corrected chi connectivity index (χ2v) is 11.4. The van der Waals surface area contributed by atoms with Crippen molar-refractivity contribution in [2.24, 2.45) is 11.7 Å². The van der Waals surface area contributed by atoms with E-state index in [9.17, 15) is 13.2 Å². The number of carbonyl (C=O) groups excluding carboxylic acids is 1. The molecule has 30 heavy (non-hydrogen) atoms. The molecule has 0 saturated carbocycles. The van der Waals surface area contributed by atoms with E-state index in [4.69, 9.17) is 27.8 Å². The minimum absolute atomic E-state index is 0.0308. The van der Waals surface area contributed by atoms with Crippen LogP contribution in [-0.2, 0) is 39.0 Å². The second kappa shape index (κ2) is 9.88. The smallest absolute Gasteiger partial charge is 0.217 e. The molecule has 3 rings (SSSR count). The Morgan fingerprint density at radius 1 is 1.40 bits per heavy atom. The van der Waals surface area contributed by atoms with Crippen molar-refractivity contribution in [3.63, 3.8) is 0 Å². The highest BCUT2D eigenvalue weighted by atomic mass is 32.2. The number of hydrogen-bond donors (Lipinski definition) is 1. The molecule has 2 saturated heterocycles. The van der Waals surface area contributed by atoms with Crippen LogP contribution >= 0.6 is 12.2 Å². The van der Waals surface area contributed by atoms with E-state index < -0.39 is 9.84 Å². The minimum Gasteiger partial charge on any atom is -0.376 e. The Balaban J connectivity index is 1.84. The summed E-state index contributed by atoms with van der Waals surface area (Å²) in [5, 5.41) is 4.70. The molecule has 2 fully saturated rings. The Labute approximate surface area is 183 Å². The van der Waals surface area contributed by atoms with Crippen molar-refractivity contribution >= 4 is 28.0 Å². The number of nitrogens with two attached hydrogens (primary N) is 1. The van der Waals surface area contributed by atoms with Crippen LogP contribution < -0.4 is 5.73 Å². The first-order chi connectivity index (χ1) is 14.1. The molecule has 2 aliphatic heterocycles. The molecule has 1 aromatic heterocycles. The molecule has 0 aromatic carbocycles. The van der Waals surface area contributed by atoms with E-state index in [1.165, 1.54) is 0 Å². The molecule has 0 radical (unpaired) electrons. The molecule has 11 heteroatoms. The standard InChI is InChI=1S/C19H33N5O4S2/c1-14(2)10-22(15-7-9-30(26,27)12-15)13-24-19(29)23(11-16-4-3-8-28-16)18(21-24)6-5-17(20)25/h14-16H,3-13H2,1-2H3,(H2,20,25). The summed E-state index contributed by atoms with van der Waals surface area (Å²) in [4.78, 5) is 13.5. The van der Waals surface area contributed by atoms with Crippen LogP contribution in [0.1, 0.15) is 45.4 Å². The number of ether oxygens (including phenoxy) is 1. The van der Waals surface area contributed by atoms with E-state index in [0.29, 0.717) is 36.7 Å². The van der Waals surface area contributed by atoms with Gasteiger partial charge in [-0.25, -0.2) is 13.1 Å². The first kappa shape index (κ1) is 23.4. The van der Waals surface area contributed by atoms with Crippen LogP contribution in [0.3, 0.4) is 0 Å². The number of primary amides is 1. The summed E-state index contributed by atoms with van der Waals surface area (Å²) < 4.78 is 34.1. The van der Waals surface area contributed by atoms with Gasteiger partial charge in [0.2, 0.25) is 5.91 Å². The summed E-state index contributed by atoms with van der Waals surface area (Å²) in [6.07, 6.45) is 3.35. The van der Waals surface area contributed by atoms with Crippen molar-refractivity contribution in [1.29, 1.82) is 0 Å². The van der Waals surface area contributed by atoms with Gasteiger partial charge < -0.3 is 15.0 Å². The third kappa shape index (κ3) is 6.12. The molecule has 170 valence electrons. The lowest BCUT2D eigenvalue weighted by Crippen LogP contribution is -2.40. The van der Waals surface area contributed by atoms with E-state index in [2.05, 4.69) is 18.7 Å². The van der Waals surface area contributed by atoms with Crippen molar-refractivity contribution in [2.45, 2.75) is 71.3 Å². The lowest BCUT2D eigenvalue weighted by molar-refractivity contribution is -0.118. The fourth-order valence-electron chi connectivity index (χ4n) is 4.20. The van der Waals surface area contributed by atoms with Crippen LogP contribution in [0.25, 0.3) is 0 Å². The van der Waals surface area contributed by atoms with Gasteiger partial charge in [0.25, 0.3) is 0 Å². The average molecular weight is 460 g/mol. The lowest BCUT2D eigenvalue weighted by atomic mass is 10.1. The van der Waals surface area contributed by atoms with Gasteiger partial charge in [-0.2, -0.15) is 5.10 Å². The van der Waals surface area contributed by atoms with E-state index in [-0.39, 0.29) is 36.0 Å². The van der Waals surface area contributed by atoms with Gasteiger partial charge in [0.15, 0.2) is 14.6 Å². The Hall–Kier alpha value is -1.30. The molecular formula is C19H33N5O4S2. The SMILES string of the molecule is CC(C)CN(Cn1nc(CCC(N)=O)n(CC2CCCO2)c1=S)C1CCS(=O)(=O)C1. The van der Waals surface area contributed by atoms with Gasteiger partial charge in [-0.3, -0.25) is 9.69 Å². The molecule has 0 bridgehead atoms. The predicted octanol–water partition coefficient (Wildman–Crippen LogP) is 1.11. The van der Waals surface area contributed by atoms with Crippen LogP contribution in [0.15, 0.2) is 0 Å². The summed E-state index contributed by atoms with van der Waals surface area (Å²) in [6, 6.07) is -0.0308. The maximum Gasteiger partial charge on any atom is 0.217 e. The number of amides is 1. The Kier molecular flexibility index (Phi) is 7.70. The number of hydrogen-bond acceptors (Lipinski definition) is 7. The second-order valence-electron chi connectivity index (χ2n) is 8.77.